The molecule has 2 aromatic rings. The molecule has 25 heavy (non-hydrogen) atoms. The Kier molecular flexibility index (Phi) is 3.48. The van der Waals surface area contributed by atoms with Crippen molar-refractivity contribution in [3.05, 3.63) is 54.6 Å². The number of carbonyl (C=O) groups excluding carboxylic acids is 1. The first-order chi connectivity index (χ1) is 12.2. The molecular formula is C23H25NO. The lowest BCUT2D eigenvalue weighted by atomic mass is 9.49. The fourth-order valence-corrected chi connectivity index (χ4v) is 6.03. The van der Waals surface area contributed by atoms with Crippen LogP contribution in [0.1, 0.15) is 38.5 Å². The van der Waals surface area contributed by atoms with Crippen molar-refractivity contribution in [2.45, 2.75) is 38.5 Å². The van der Waals surface area contributed by atoms with Crippen molar-refractivity contribution in [3.8, 4) is 11.1 Å². The maximum absolute atomic E-state index is 13.1. The summed E-state index contributed by atoms with van der Waals surface area (Å²) in [5.41, 5.74) is 3.25. The van der Waals surface area contributed by atoms with Crippen LogP contribution in [0.15, 0.2) is 54.6 Å². The van der Waals surface area contributed by atoms with Crippen molar-refractivity contribution in [1.29, 1.82) is 0 Å². The van der Waals surface area contributed by atoms with E-state index in [9.17, 15) is 4.79 Å². The van der Waals surface area contributed by atoms with Crippen molar-refractivity contribution in [2.24, 2.45) is 23.2 Å². The van der Waals surface area contributed by atoms with Crippen LogP contribution in [0, 0.1) is 23.2 Å². The van der Waals surface area contributed by atoms with E-state index in [2.05, 4.69) is 41.7 Å². The molecule has 4 saturated carbocycles. The zero-order valence-corrected chi connectivity index (χ0v) is 14.6. The molecule has 2 aromatic carbocycles. The Morgan fingerprint density at radius 3 is 1.84 bits per heavy atom. The Morgan fingerprint density at radius 1 is 0.760 bits per heavy atom. The summed E-state index contributed by atoms with van der Waals surface area (Å²) in [6.45, 7) is 0. The van der Waals surface area contributed by atoms with E-state index in [0.717, 1.165) is 42.7 Å². The number of amides is 1. The first-order valence-corrected chi connectivity index (χ1v) is 9.67. The summed E-state index contributed by atoms with van der Waals surface area (Å²) in [7, 11) is 0. The highest BCUT2D eigenvalue weighted by Crippen LogP contribution is 2.60. The van der Waals surface area contributed by atoms with Crippen LogP contribution in [0.4, 0.5) is 5.69 Å². The van der Waals surface area contributed by atoms with E-state index >= 15 is 0 Å². The SMILES string of the molecule is O=C(Nc1ccc(-c2ccccc2)cc1)C12CC3CC(CC(C3)C1)C2. The van der Waals surface area contributed by atoms with Crippen LogP contribution in [-0.2, 0) is 4.79 Å². The number of nitrogens with one attached hydrogen (secondary N) is 1. The number of benzene rings is 2. The van der Waals surface area contributed by atoms with Crippen molar-refractivity contribution >= 4 is 11.6 Å². The van der Waals surface area contributed by atoms with E-state index < -0.39 is 0 Å². The van der Waals surface area contributed by atoms with Crippen LogP contribution in [0.2, 0.25) is 0 Å². The van der Waals surface area contributed by atoms with Gasteiger partial charge in [-0.05, 0) is 79.5 Å². The van der Waals surface area contributed by atoms with E-state index in [-0.39, 0.29) is 11.3 Å². The van der Waals surface area contributed by atoms with Crippen LogP contribution >= 0.6 is 0 Å². The molecular weight excluding hydrogens is 306 g/mol. The Bertz CT molecular complexity index is 742. The van der Waals surface area contributed by atoms with Gasteiger partial charge in [-0.25, -0.2) is 0 Å². The molecule has 2 heteroatoms. The molecule has 1 N–H and O–H groups in total. The summed E-state index contributed by atoms with van der Waals surface area (Å²) in [5.74, 6) is 2.69. The maximum Gasteiger partial charge on any atom is 0.230 e. The van der Waals surface area contributed by atoms with E-state index in [0.29, 0.717) is 0 Å². The predicted molar refractivity (Wildman–Crippen MR) is 101 cm³/mol. The van der Waals surface area contributed by atoms with Crippen molar-refractivity contribution in [2.75, 3.05) is 5.32 Å². The van der Waals surface area contributed by atoms with Gasteiger partial charge in [0.2, 0.25) is 5.91 Å². The van der Waals surface area contributed by atoms with Gasteiger partial charge in [-0.1, -0.05) is 42.5 Å². The molecule has 128 valence electrons. The zero-order chi connectivity index (χ0) is 16.9. The summed E-state index contributed by atoms with van der Waals surface area (Å²) >= 11 is 0. The molecule has 6 rings (SSSR count). The zero-order valence-electron chi connectivity index (χ0n) is 14.6. The molecule has 0 atom stereocenters. The largest absolute Gasteiger partial charge is 0.326 e. The topological polar surface area (TPSA) is 29.1 Å². The van der Waals surface area contributed by atoms with Gasteiger partial charge < -0.3 is 5.32 Å². The minimum atomic E-state index is -0.0765. The molecule has 0 radical (unpaired) electrons. The number of hydrogen-bond acceptors (Lipinski definition) is 1. The van der Waals surface area contributed by atoms with E-state index in [1.54, 1.807) is 0 Å². The number of hydrogen-bond donors (Lipinski definition) is 1. The average Bonchev–Trinajstić information content (AvgIpc) is 2.62. The summed E-state index contributed by atoms with van der Waals surface area (Å²) in [6.07, 6.45) is 7.47. The molecule has 0 spiro atoms. The Labute approximate surface area is 149 Å². The molecule has 4 aliphatic rings. The second kappa shape index (κ2) is 5.72. The highest BCUT2D eigenvalue weighted by atomic mass is 16.2. The lowest BCUT2D eigenvalue weighted by Gasteiger charge is -2.55. The minimum Gasteiger partial charge on any atom is -0.326 e. The number of carbonyl (C=O) groups is 1. The lowest BCUT2D eigenvalue weighted by molar-refractivity contribution is -0.140. The fourth-order valence-electron chi connectivity index (χ4n) is 6.03. The molecule has 1 amide bonds. The van der Waals surface area contributed by atoms with Gasteiger partial charge in [-0.15, -0.1) is 0 Å². The summed E-state index contributed by atoms with van der Waals surface area (Å²) in [6, 6.07) is 18.7. The number of rotatable bonds is 3. The molecule has 2 nitrogen and oxygen atoms in total. The first-order valence-electron chi connectivity index (χ1n) is 9.67. The quantitative estimate of drug-likeness (QED) is 0.789. The summed E-state index contributed by atoms with van der Waals surface area (Å²) in [5, 5.41) is 3.24. The molecule has 4 aliphatic carbocycles. The van der Waals surface area contributed by atoms with Gasteiger partial charge in [-0.2, -0.15) is 0 Å². The van der Waals surface area contributed by atoms with Gasteiger partial charge in [0.15, 0.2) is 0 Å². The summed E-state index contributed by atoms with van der Waals surface area (Å²) < 4.78 is 0. The van der Waals surface area contributed by atoms with Crippen molar-refractivity contribution in [1.82, 2.24) is 0 Å². The van der Waals surface area contributed by atoms with Gasteiger partial charge in [0.25, 0.3) is 0 Å². The van der Waals surface area contributed by atoms with E-state index in [1.807, 2.05) is 18.2 Å². The van der Waals surface area contributed by atoms with Gasteiger partial charge in [-0.3, -0.25) is 4.79 Å². The monoisotopic (exact) mass is 331 g/mol. The van der Waals surface area contributed by atoms with E-state index in [1.165, 1.54) is 30.4 Å². The third-order valence-electron chi connectivity index (χ3n) is 6.77. The van der Waals surface area contributed by atoms with Crippen molar-refractivity contribution < 1.29 is 4.79 Å². The van der Waals surface area contributed by atoms with Crippen LogP contribution < -0.4 is 5.32 Å². The molecule has 4 bridgehead atoms. The van der Waals surface area contributed by atoms with Crippen LogP contribution in [0.3, 0.4) is 0 Å². The highest BCUT2D eigenvalue weighted by molar-refractivity contribution is 5.95. The maximum atomic E-state index is 13.1. The Hall–Kier alpha value is -2.09. The molecule has 0 heterocycles. The third kappa shape index (κ3) is 2.68. The van der Waals surface area contributed by atoms with Gasteiger partial charge in [0.1, 0.15) is 0 Å². The second-order valence-electron chi connectivity index (χ2n) is 8.60. The van der Waals surface area contributed by atoms with Crippen LogP contribution in [-0.4, -0.2) is 5.91 Å². The standard InChI is InChI=1S/C23H25NO/c25-22(23-13-16-10-17(14-23)12-18(11-16)15-23)24-21-8-6-20(7-9-21)19-4-2-1-3-5-19/h1-9,16-18H,10-15H2,(H,24,25). The lowest BCUT2D eigenvalue weighted by Crippen LogP contribution is -2.51. The van der Waals surface area contributed by atoms with Gasteiger partial charge in [0.05, 0.1) is 5.41 Å². The normalized spacial score (nSPS) is 32.6. The van der Waals surface area contributed by atoms with Crippen LogP contribution in [0.25, 0.3) is 11.1 Å². The average molecular weight is 331 g/mol. The van der Waals surface area contributed by atoms with Gasteiger partial charge in [0, 0.05) is 5.69 Å². The second-order valence-corrected chi connectivity index (χ2v) is 8.60. The van der Waals surface area contributed by atoms with Crippen molar-refractivity contribution in [3.63, 3.8) is 0 Å². The van der Waals surface area contributed by atoms with E-state index in [4.69, 9.17) is 0 Å². The number of anilines is 1. The molecule has 0 aromatic heterocycles. The van der Waals surface area contributed by atoms with Crippen LogP contribution in [0.5, 0.6) is 0 Å². The third-order valence-corrected chi connectivity index (χ3v) is 6.77. The Morgan fingerprint density at radius 2 is 1.28 bits per heavy atom. The molecule has 4 fully saturated rings. The fraction of sp³-hybridized carbons (Fsp3) is 0.435. The molecule has 0 saturated heterocycles. The highest BCUT2D eigenvalue weighted by Gasteiger charge is 2.54. The summed E-state index contributed by atoms with van der Waals surface area (Å²) in [4.78, 5) is 13.1. The Balaban J connectivity index is 1.33. The molecule has 0 aliphatic heterocycles. The predicted octanol–water partition coefficient (Wildman–Crippen LogP) is 5.51. The smallest absolute Gasteiger partial charge is 0.230 e. The minimum absolute atomic E-state index is 0.0765. The molecule has 0 unspecified atom stereocenters. The van der Waals surface area contributed by atoms with Gasteiger partial charge >= 0.3 is 0 Å². The first kappa shape index (κ1) is 15.2.